The third-order valence-corrected chi connectivity index (χ3v) is 9.57. The quantitative estimate of drug-likeness (QED) is 0.175. The van der Waals surface area contributed by atoms with E-state index in [0.717, 1.165) is 50.0 Å². The molecular weight excluding hydrogens is 615 g/mol. The smallest absolute Gasteiger partial charge is 0.295 e. The Bertz CT molecular complexity index is 2740. The van der Waals surface area contributed by atoms with Gasteiger partial charge in [0.25, 0.3) is 0 Å². The molecule has 0 amide bonds. The van der Waals surface area contributed by atoms with Crippen molar-refractivity contribution in [1.29, 1.82) is 0 Å². The molecule has 0 fully saturated rings. The number of aromatic nitrogens is 5. The van der Waals surface area contributed by atoms with E-state index in [1.54, 1.807) is 9.13 Å². The number of rotatable bonds is 5. The van der Waals surface area contributed by atoms with E-state index in [1.165, 1.54) is 21.5 Å². The highest BCUT2D eigenvalue weighted by Gasteiger charge is 2.17. The highest BCUT2D eigenvalue weighted by Crippen LogP contribution is 2.39. The number of hydrogen-bond acceptors (Lipinski definition) is 4. The van der Waals surface area contributed by atoms with Crippen molar-refractivity contribution in [3.8, 4) is 56.4 Å². The number of aryl methyl sites for hydroxylation is 2. The summed E-state index contributed by atoms with van der Waals surface area (Å²) in [6.45, 7) is 0. The highest BCUT2D eigenvalue weighted by molar-refractivity contribution is 6.14. The Morgan fingerprint density at radius 2 is 0.920 bits per heavy atom. The van der Waals surface area contributed by atoms with Crippen molar-refractivity contribution in [2.24, 2.45) is 14.1 Å². The lowest BCUT2D eigenvalue weighted by atomic mass is 9.90. The second-order valence-corrected chi connectivity index (χ2v) is 12.6. The first-order valence-corrected chi connectivity index (χ1v) is 16.6. The lowest BCUT2D eigenvalue weighted by molar-refractivity contribution is 0.795. The first kappa shape index (κ1) is 29.5. The number of nitrogens with zero attached hydrogens (tertiary/aromatic N) is 5. The Morgan fingerprint density at radius 1 is 0.400 bits per heavy atom. The van der Waals surface area contributed by atoms with E-state index in [2.05, 4.69) is 84.9 Å². The van der Waals surface area contributed by atoms with Gasteiger partial charge in [0.05, 0.1) is 11.0 Å². The predicted octanol–water partition coefficient (Wildman–Crippen LogP) is 9.70. The standard InChI is InChI=1S/C44H31N5O/c1-48-39-22-21-30(27-40(39)49(2)44(48)50)32-23-33(38-26-31-17-9-10-18-35(31)36-19-11-12-20-37(36)38)25-34(24-32)43-46-41(28-13-5-3-6-14-28)45-42(47-43)29-15-7-4-8-16-29/h3-27H,1-2H3. The number of fused-ring (bicyclic) bond motifs is 4. The van der Waals surface area contributed by atoms with Crippen molar-refractivity contribution in [3.63, 3.8) is 0 Å². The molecule has 9 rings (SSSR count). The molecule has 0 bridgehead atoms. The van der Waals surface area contributed by atoms with Crippen LogP contribution in [0.5, 0.6) is 0 Å². The molecule has 238 valence electrons. The van der Waals surface area contributed by atoms with Crippen molar-refractivity contribution in [2.75, 3.05) is 0 Å². The summed E-state index contributed by atoms with van der Waals surface area (Å²) >= 11 is 0. The molecule has 0 spiro atoms. The first-order valence-electron chi connectivity index (χ1n) is 16.6. The van der Waals surface area contributed by atoms with Gasteiger partial charge in [-0.1, -0.05) is 115 Å². The Kier molecular flexibility index (Phi) is 6.95. The van der Waals surface area contributed by atoms with Gasteiger partial charge in [-0.2, -0.15) is 0 Å². The van der Waals surface area contributed by atoms with Crippen molar-refractivity contribution < 1.29 is 0 Å². The lowest BCUT2D eigenvalue weighted by Gasteiger charge is -2.15. The average molecular weight is 646 g/mol. The van der Waals surface area contributed by atoms with Crippen LogP contribution in [0.4, 0.5) is 0 Å². The van der Waals surface area contributed by atoms with E-state index < -0.39 is 0 Å². The van der Waals surface area contributed by atoms with E-state index in [1.807, 2.05) is 80.8 Å². The van der Waals surface area contributed by atoms with Crippen LogP contribution in [-0.4, -0.2) is 24.1 Å². The van der Waals surface area contributed by atoms with Crippen LogP contribution in [0.1, 0.15) is 0 Å². The molecule has 0 aliphatic rings. The molecule has 0 unspecified atom stereocenters. The molecular formula is C44H31N5O. The molecule has 0 saturated carbocycles. The van der Waals surface area contributed by atoms with Gasteiger partial charge >= 0.3 is 5.69 Å². The molecule has 0 atom stereocenters. The van der Waals surface area contributed by atoms with E-state index in [9.17, 15) is 4.79 Å². The monoisotopic (exact) mass is 645 g/mol. The second-order valence-electron chi connectivity index (χ2n) is 12.6. The molecule has 0 aliphatic carbocycles. The minimum atomic E-state index is -0.0544. The fraction of sp³-hybridized carbons (Fsp3) is 0.0455. The molecule has 0 N–H and O–H groups in total. The molecule has 50 heavy (non-hydrogen) atoms. The third-order valence-electron chi connectivity index (χ3n) is 9.57. The van der Waals surface area contributed by atoms with Gasteiger partial charge < -0.3 is 0 Å². The number of benzene rings is 7. The summed E-state index contributed by atoms with van der Waals surface area (Å²) in [6.07, 6.45) is 0. The van der Waals surface area contributed by atoms with Crippen LogP contribution in [0.15, 0.2) is 156 Å². The van der Waals surface area contributed by atoms with Crippen molar-refractivity contribution in [2.45, 2.75) is 0 Å². The van der Waals surface area contributed by atoms with Gasteiger partial charge in [0.15, 0.2) is 17.5 Å². The minimum Gasteiger partial charge on any atom is -0.295 e. The molecule has 0 radical (unpaired) electrons. The molecule has 6 heteroatoms. The van der Waals surface area contributed by atoms with Gasteiger partial charge in [-0.05, 0) is 80.2 Å². The van der Waals surface area contributed by atoms with Crippen LogP contribution in [0.3, 0.4) is 0 Å². The maximum Gasteiger partial charge on any atom is 0.328 e. The zero-order valence-electron chi connectivity index (χ0n) is 27.6. The summed E-state index contributed by atoms with van der Waals surface area (Å²) in [5, 5.41) is 4.76. The second kappa shape index (κ2) is 11.8. The van der Waals surface area contributed by atoms with E-state index in [-0.39, 0.29) is 5.69 Å². The lowest BCUT2D eigenvalue weighted by Crippen LogP contribution is -2.19. The van der Waals surface area contributed by atoms with E-state index >= 15 is 0 Å². The summed E-state index contributed by atoms with van der Waals surface area (Å²) in [5.74, 6) is 1.80. The first-order chi connectivity index (χ1) is 24.5. The van der Waals surface area contributed by atoms with E-state index in [4.69, 9.17) is 15.0 Å². The van der Waals surface area contributed by atoms with Gasteiger partial charge in [0.2, 0.25) is 0 Å². The van der Waals surface area contributed by atoms with Gasteiger partial charge in [-0.15, -0.1) is 0 Å². The summed E-state index contributed by atoms with van der Waals surface area (Å²) in [5.41, 5.74) is 8.56. The summed E-state index contributed by atoms with van der Waals surface area (Å²) in [7, 11) is 3.63. The molecule has 0 aliphatic heterocycles. The Hall–Kier alpha value is -6.66. The van der Waals surface area contributed by atoms with Crippen molar-refractivity contribution >= 4 is 32.6 Å². The van der Waals surface area contributed by atoms with E-state index in [0.29, 0.717) is 17.5 Å². The predicted molar refractivity (Wildman–Crippen MR) is 204 cm³/mol. The number of imidazole rings is 1. The number of hydrogen-bond donors (Lipinski definition) is 0. The van der Waals surface area contributed by atoms with Crippen molar-refractivity contribution in [1.82, 2.24) is 24.1 Å². The normalized spacial score (nSPS) is 11.5. The molecule has 2 heterocycles. The molecule has 6 nitrogen and oxygen atoms in total. The molecule has 9 aromatic rings. The Labute approximate surface area is 288 Å². The zero-order chi connectivity index (χ0) is 33.8. The topological polar surface area (TPSA) is 65.6 Å². The Balaban J connectivity index is 1.34. The van der Waals surface area contributed by atoms with Crippen LogP contribution in [0, 0.1) is 0 Å². The maximum atomic E-state index is 12.8. The van der Waals surface area contributed by atoms with Crippen LogP contribution < -0.4 is 5.69 Å². The minimum absolute atomic E-state index is 0.0544. The summed E-state index contributed by atoms with van der Waals surface area (Å²) < 4.78 is 3.38. The molecule has 0 saturated heterocycles. The summed E-state index contributed by atoms with van der Waals surface area (Å²) in [4.78, 5) is 28.0. The van der Waals surface area contributed by atoms with Crippen LogP contribution >= 0.6 is 0 Å². The van der Waals surface area contributed by atoms with Gasteiger partial charge in [-0.3, -0.25) is 9.13 Å². The van der Waals surface area contributed by atoms with Gasteiger partial charge in [0.1, 0.15) is 0 Å². The highest BCUT2D eigenvalue weighted by atomic mass is 16.1. The fourth-order valence-corrected chi connectivity index (χ4v) is 7.00. The SMILES string of the molecule is Cn1c(=O)n(C)c2cc(-c3cc(-c4nc(-c5ccccc5)nc(-c5ccccc5)n4)cc(-c4cc5ccccc5c5ccccc45)c3)ccc21. The molecule has 7 aromatic carbocycles. The summed E-state index contributed by atoms with van der Waals surface area (Å²) in [6, 6.07) is 52.2. The van der Waals surface area contributed by atoms with Gasteiger partial charge in [-0.25, -0.2) is 19.7 Å². The maximum absolute atomic E-state index is 12.8. The fourth-order valence-electron chi connectivity index (χ4n) is 7.00. The van der Waals surface area contributed by atoms with Crippen LogP contribution in [0.25, 0.3) is 89.0 Å². The third kappa shape index (κ3) is 4.97. The van der Waals surface area contributed by atoms with Crippen molar-refractivity contribution in [3.05, 3.63) is 162 Å². The van der Waals surface area contributed by atoms with Crippen LogP contribution in [-0.2, 0) is 14.1 Å². The zero-order valence-corrected chi connectivity index (χ0v) is 27.6. The van der Waals surface area contributed by atoms with Crippen LogP contribution in [0.2, 0.25) is 0 Å². The van der Waals surface area contributed by atoms with Gasteiger partial charge in [0, 0.05) is 30.8 Å². The molecule has 2 aromatic heterocycles. The Morgan fingerprint density at radius 3 is 1.60 bits per heavy atom. The largest absolute Gasteiger partial charge is 0.328 e. The average Bonchev–Trinajstić information content (AvgIpc) is 3.40.